The largest absolute Gasteiger partial charge is 0.395 e. The molecule has 2 nitrogen and oxygen atoms in total. The average Bonchev–Trinajstić information content (AvgIpc) is 2.27. The number of benzene rings is 1. The van der Waals surface area contributed by atoms with Gasteiger partial charge in [0.05, 0.1) is 6.61 Å². The van der Waals surface area contributed by atoms with Crippen LogP contribution in [-0.4, -0.2) is 17.8 Å². The molecule has 1 aliphatic rings. The molecule has 0 radical (unpaired) electrons. The van der Waals surface area contributed by atoms with E-state index in [4.69, 9.17) is 10.8 Å². The van der Waals surface area contributed by atoms with Crippen LogP contribution in [0.1, 0.15) is 29.9 Å². The molecule has 1 unspecified atom stereocenters. The Hall–Kier alpha value is -0.860. The third-order valence-electron chi connectivity index (χ3n) is 3.14. The molecule has 0 aliphatic heterocycles. The minimum atomic E-state index is -0.101. The van der Waals surface area contributed by atoms with Gasteiger partial charge in [-0.1, -0.05) is 24.3 Å². The van der Waals surface area contributed by atoms with Crippen molar-refractivity contribution in [3.05, 3.63) is 35.4 Å². The fraction of sp³-hybridized carbons (Fsp3) is 0.500. The van der Waals surface area contributed by atoms with Crippen LogP contribution < -0.4 is 5.73 Å². The fourth-order valence-corrected chi connectivity index (χ4v) is 2.36. The molecular weight excluding hydrogens is 174 g/mol. The highest BCUT2D eigenvalue weighted by Crippen LogP contribution is 2.32. The van der Waals surface area contributed by atoms with Crippen molar-refractivity contribution in [2.45, 2.75) is 31.2 Å². The zero-order valence-electron chi connectivity index (χ0n) is 8.32. The molecule has 0 amide bonds. The molecule has 0 heterocycles. The predicted octanol–water partition coefficient (Wildman–Crippen LogP) is 1.43. The summed E-state index contributed by atoms with van der Waals surface area (Å²) in [6.07, 6.45) is 3.46. The third-order valence-corrected chi connectivity index (χ3v) is 3.14. The summed E-state index contributed by atoms with van der Waals surface area (Å²) in [7, 11) is 0. The second kappa shape index (κ2) is 4.11. The molecule has 14 heavy (non-hydrogen) atoms. The summed E-state index contributed by atoms with van der Waals surface area (Å²) in [5.74, 6) is 0.352. The molecule has 1 aliphatic carbocycles. The number of aliphatic hydroxyl groups is 1. The van der Waals surface area contributed by atoms with Gasteiger partial charge in [0.15, 0.2) is 0 Å². The summed E-state index contributed by atoms with van der Waals surface area (Å²) < 4.78 is 0. The normalized spacial score (nSPS) is 22.9. The number of aryl methyl sites for hydroxylation is 1. The van der Waals surface area contributed by atoms with Crippen LogP contribution in [0.15, 0.2) is 24.3 Å². The molecule has 0 spiro atoms. The lowest BCUT2D eigenvalue weighted by molar-refractivity contribution is 0.241. The van der Waals surface area contributed by atoms with Crippen LogP contribution in [0.5, 0.6) is 0 Å². The van der Waals surface area contributed by atoms with Gasteiger partial charge in [-0.05, 0) is 30.4 Å². The Morgan fingerprint density at radius 3 is 3.00 bits per heavy atom. The maximum Gasteiger partial charge on any atom is 0.0588 e. The Labute approximate surface area is 84.7 Å². The zero-order valence-corrected chi connectivity index (χ0v) is 8.32. The average molecular weight is 191 g/mol. The van der Waals surface area contributed by atoms with Crippen molar-refractivity contribution in [2.24, 2.45) is 5.73 Å². The summed E-state index contributed by atoms with van der Waals surface area (Å²) in [5, 5.41) is 9.09. The molecule has 1 aromatic rings. The number of hydrogen-bond acceptors (Lipinski definition) is 2. The molecular formula is C12H17NO. The van der Waals surface area contributed by atoms with E-state index >= 15 is 0 Å². The Morgan fingerprint density at radius 2 is 2.21 bits per heavy atom. The van der Waals surface area contributed by atoms with Crippen LogP contribution in [0, 0.1) is 0 Å². The minimum Gasteiger partial charge on any atom is -0.395 e. The van der Waals surface area contributed by atoms with E-state index in [-0.39, 0.29) is 12.6 Å². The molecule has 3 N–H and O–H groups in total. The first-order valence-electron chi connectivity index (χ1n) is 5.27. The summed E-state index contributed by atoms with van der Waals surface area (Å²) in [6.45, 7) is 0.0823. The van der Waals surface area contributed by atoms with Gasteiger partial charge >= 0.3 is 0 Å². The van der Waals surface area contributed by atoms with E-state index in [1.807, 2.05) is 0 Å². The number of aliphatic hydroxyl groups excluding tert-OH is 1. The number of rotatable bonds is 2. The number of hydrogen-bond donors (Lipinski definition) is 2. The van der Waals surface area contributed by atoms with E-state index in [0.29, 0.717) is 5.92 Å². The second-order valence-corrected chi connectivity index (χ2v) is 4.04. The van der Waals surface area contributed by atoms with Crippen LogP contribution in [0.3, 0.4) is 0 Å². The monoisotopic (exact) mass is 191 g/mol. The van der Waals surface area contributed by atoms with Gasteiger partial charge < -0.3 is 10.8 Å². The van der Waals surface area contributed by atoms with E-state index in [9.17, 15) is 0 Å². The van der Waals surface area contributed by atoms with Gasteiger partial charge in [0.25, 0.3) is 0 Å². The van der Waals surface area contributed by atoms with Gasteiger partial charge in [0.2, 0.25) is 0 Å². The van der Waals surface area contributed by atoms with Crippen molar-refractivity contribution in [3.8, 4) is 0 Å². The van der Waals surface area contributed by atoms with Gasteiger partial charge in [-0.3, -0.25) is 0 Å². The molecule has 0 fully saturated rings. The predicted molar refractivity (Wildman–Crippen MR) is 57.2 cm³/mol. The molecule has 76 valence electrons. The first-order chi connectivity index (χ1) is 6.83. The molecule has 2 heteroatoms. The molecule has 0 saturated carbocycles. The van der Waals surface area contributed by atoms with Gasteiger partial charge in [-0.15, -0.1) is 0 Å². The van der Waals surface area contributed by atoms with E-state index < -0.39 is 0 Å². The molecule has 0 saturated heterocycles. The van der Waals surface area contributed by atoms with Crippen molar-refractivity contribution in [3.63, 3.8) is 0 Å². The van der Waals surface area contributed by atoms with E-state index in [1.165, 1.54) is 17.5 Å². The van der Waals surface area contributed by atoms with Crippen molar-refractivity contribution in [2.75, 3.05) is 6.61 Å². The van der Waals surface area contributed by atoms with Crippen LogP contribution in [0.4, 0.5) is 0 Å². The lowest BCUT2D eigenvalue weighted by Crippen LogP contribution is -2.34. The number of nitrogens with two attached hydrogens (primary N) is 1. The number of fused-ring (bicyclic) bond motifs is 1. The van der Waals surface area contributed by atoms with Crippen molar-refractivity contribution < 1.29 is 5.11 Å². The summed E-state index contributed by atoms with van der Waals surface area (Å²) in [4.78, 5) is 0. The zero-order chi connectivity index (χ0) is 9.97. The minimum absolute atomic E-state index is 0.0823. The lowest BCUT2D eigenvalue weighted by Gasteiger charge is -2.29. The molecule has 0 bridgehead atoms. The second-order valence-electron chi connectivity index (χ2n) is 4.04. The molecule has 2 rings (SSSR count). The smallest absolute Gasteiger partial charge is 0.0588 e. The maximum absolute atomic E-state index is 9.09. The first-order valence-corrected chi connectivity index (χ1v) is 5.27. The van der Waals surface area contributed by atoms with Gasteiger partial charge in [-0.2, -0.15) is 0 Å². The van der Waals surface area contributed by atoms with Crippen molar-refractivity contribution >= 4 is 0 Å². The van der Waals surface area contributed by atoms with Crippen molar-refractivity contribution in [1.29, 1.82) is 0 Å². The van der Waals surface area contributed by atoms with Gasteiger partial charge in [0, 0.05) is 12.0 Å². The van der Waals surface area contributed by atoms with Crippen molar-refractivity contribution in [1.82, 2.24) is 0 Å². The lowest BCUT2D eigenvalue weighted by atomic mass is 9.79. The molecule has 2 atom stereocenters. The highest BCUT2D eigenvalue weighted by atomic mass is 16.3. The van der Waals surface area contributed by atoms with Crippen LogP contribution in [0.2, 0.25) is 0 Å². The maximum atomic E-state index is 9.09. The SMILES string of the molecule is N[C@@H](CO)C1CCCc2ccccc21. The summed E-state index contributed by atoms with van der Waals surface area (Å²) >= 11 is 0. The highest BCUT2D eigenvalue weighted by molar-refractivity contribution is 5.33. The van der Waals surface area contributed by atoms with E-state index in [1.54, 1.807) is 0 Å². The fourth-order valence-electron chi connectivity index (χ4n) is 2.36. The van der Waals surface area contributed by atoms with Crippen LogP contribution in [-0.2, 0) is 6.42 Å². The van der Waals surface area contributed by atoms with Gasteiger partial charge in [-0.25, -0.2) is 0 Å². The van der Waals surface area contributed by atoms with E-state index in [2.05, 4.69) is 24.3 Å². The summed E-state index contributed by atoms with van der Waals surface area (Å²) in [5.41, 5.74) is 8.67. The third kappa shape index (κ3) is 1.68. The summed E-state index contributed by atoms with van der Waals surface area (Å²) in [6, 6.07) is 8.35. The Morgan fingerprint density at radius 1 is 1.43 bits per heavy atom. The Balaban J connectivity index is 2.30. The Bertz CT molecular complexity index is 311. The highest BCUT2D eigenvalue weighted by Gasteiger charge is 2.24. The van der Waals surface area contributed by atoms with Crippen LogP contribution in [0.25, 0.3) is 0 Å². The standard InChI is InChI=1S/C12H17NO/c13-12(8-14)11-7-3-5-9-4-1-2-6-10(9)11/h1-2,4,6,11-12,14H,3,5,7-8,13H2/t11?,12-/m0/s1. The van der Waals surface area contributed by atoms with Gasteiger partial charge in [0.1, 0.15) is 0 Å². The quantitative estimate of drug-likeness (QED) is 0.742. The topological polar surface area (TPSA) is 46.2 Å². The van der Waals surface area contributed by atoms with E-state index in [0.717, 1.165) is 12.8 Å². The molecule has 1 aromatic carbocycles. The Kier molecular flexibility index (Phi) is 2.85. The first kappa shape index (κ1) is 9.69. The van der Waals surface area contributed by atoms with Crippen LogP contribution >= 0.6 is 0 Å². The molecule has 0 aromatic heterocycles.